The van der Waals surface area contributed by atoms with Crippen molar-refractivity contribution in [2.45, 2.75) is 39.7 Å². The number of hydrogen-bond donors (Lipinski definition) is 2. The quantitative estimate of drug-likeness (QED) is 0.567. The van der Waals surface area contributed by atoms with Crippen LogP contribution in [-0.4, -0.2) is 69.5 Å². The van der Waals surface area contributed by atoms with Crippen LogP contribution in [0.1, 0.15) is 33.6 Å². The van der Waals surface area contributed by atoms with Crippen molar-refractivity contribution >= 4 is 15.8 Å². The lowest BCUT2D eigenvalue weighted by molar-refractivity contribution is 0.145. The lowest BCUT2D eigenvalue weighted by Gasteiger charge is -2.34. The minimum absolute atomic E-state index is 0.00664. The second-order valence-corrected chi connectivity index (χ2v) is 9.44. The highest BCUT2D eigenvalue weighted by Crippen LogP contribution is 2.20. The van der Waals surface area contributed by atoms with Crippen molar-refractivity contribution in [3.05, 3.63) is 0 Å². The molecule has 0 aromatic carbocycles. The molecule has 134 valence electrons. The van der Waals surface area contributed by atoms with Crippen LogP contribution in [0.2, 0.25) is 0 Å². The van der Waals surface area contributed by atoms with E-state index in [1.165, 1.54) is 6.42 Å². The van der Waals surface area contributed by atoms with Gasteiger partial charge in [-0.1, -0.05) is 13.8 Å². The van der Waals surface area contributed by atoms with Gasteiger partial charge in [-0.25, -0.2) is 8.42 Å². The molecular formula is C16H32N4O2S. The standard InChI is InChI=1S/C16H32N4O2S/c1-4-17-16(19-15-5-8-23(21,22)12-15)18-6-7-20-10-13(2)9-14(3)11-20/h13-15H,4-12H2,1-3H3,(H2,17,18,19). The van der Waals surface area contributed by atoms with Crippen LogP contribution in [0.4, 0.5) is 0 Å². The highest BCUT2D eigenvalue weighted by Gasteiger charge is 2.28. The van der Waals surface area contributed by atoms with E-state index in [1.54, 1.807) is 0 Å². The molecule has 3 unspecified atom stereocenters. The lowest BCUT2D eigenvalue weighted by atomic mass is 9.92. The molecule has 2 aliphatic heterocycles. The number of piperidine rings is 1. The molecule has 0 radical (unpaired) electrons. The zero-order valence-electron chi connectivity index (χ0n) is 14.7. The van der Waals surface area contributed by atoms with Crippen molar-refractivity contribution in [2.75, 3.05) is 44.2 Å². The molecule has 0 aromatic rings. The summed E-state index contributed by atoms with van der Waals surface area (Å²) in [6.45, 7) is 11.5. The molecule has 2 rings (SSSR count). The third-order valence-corrected chi connectivity index (χ3v) is 6.32. The molecular weight excluding hydrogens is 312 g/mol. The number of hydrogen-bond acceptors (Lipinski definition) is 4. The Labute approximate surface area is 141 Å². The summed E-state index contributed by atoms with van der Waals surface area (Å²) >= 11 is 0. The molecule has 0 saturated carbocycles. The molecule has 3 atom stereocenters. The second kappa shape index (κ2) is 8.33. The number of nitrogens with zero attached hydrogens (tertiary/aromatic N) is 2. The maximum atomic E-state index is 11.6. The van der Waals surface area contributed by atoms with E-state index in [2.05, 4.69) is 34.4 Å². The Morgan fingerprint density at radius 1 is 1.26 bits per heavy atom. The first-order valence-corrected chi connectivity index (χ1v) is 10.7. The van der Waals surface area contributed by atoms with Crippen LogP contribution >= 0.6 is 0 Å². The highest BCUT2D eigenvalue weighted by molar-refractivity contribution is 7.91. The lowest BCUT2D eigenvalue weighted by Crippen LogP contribution is -2.45. The van der Waals surface area contributed by atoms with Crippen molar-refractivity contribution in [2.24, 2.45) is 16.8 Å². The van der Waals surface area contributed by atoms with Crippen molar-refractivity contribution in [1.29, 1.82) is 0 Å². The van der Waals surface area contributed by atoms with Crippen LogP contribution in [0.25, 0.3) is 0 Å². The third kappa shape index (κ3) is 6.30. The molecule has 0 aliphatic carbocycles. The molecule has 2 saturated heterocycles. The van der Waals surface area contributed by atoms with Crippen LogP contribution in [-0.2, 0) is 9.84 Å². The predicted octanol–water partition coefficient (Wildman–Crippen LogP) is 0.707. The van der Waals surface area contributed by atoms with Crippen LogP contribution in [0, 0.1) is 11.8 Å². The molecule has 0 spiro atoms. The third-order valence-electron chi connectivity index (χ3n) is 4.55. The molecule has 2 heterocycles. The number of sulfone groups is 1. The fourth-order valence-electron chi connectivity index (χ4n) is 3.70. The topological polar surface area (TPSA) is 73.8 Å². The Morgan fingerprint density at radius 3 is 2.52 bits per heavy atom. The number of likely N-dealkylation sites (tertiary alicyclic amines) is 1. The van der Waals surface area contributed by atoms with E-state index in [0.717, 1.165) is 50.5 Å². The fraction of sp³-hybridized carbons (Fsp3) is 0.938. The van der Waals surface area contributed by atoms with E-state index in [-0.39, 0.29) is 17.5 Å². The van der Waals surface area contributed by atoms with E-state index in [0.29, 0.717) is 6.42 Å². The minimum Gasteiger partial charge on any atom is -0.357 e. The van der Waals surface area contributed by atoms with E-state index >= 15 is 0 Å². The summed E-state index contributed by atoms with van der Waals surface area (Å²) in [5.74, 6) is 2.77. The van der Waals surface area contributed by atoms with Gasteiger partial charge in [0.05, 0.1) is 18.1 Å². The number of nitrogens with one attached hydrogen (secondary N) is 2. The van der Waals surface area contributed by atoms with E-state index in [9.17, 15) is 8.42 Å². The van der Waals surface area contributed by atoms with Crippen LogP contribution in [0.15, 0.2) is 4.99 Å². The number of guanidine groups is 1. The van der Waals surface area contributed by atoms with Gasteiger partial charge in [-0.2, -0.15) is 0 Å². The minimum atomic E-state index is -2.86. The monoisotopic (exact) mass is 344 g/mol. The molecule has 0 bridgehead atoms. The average Bonchev–Trinajstić information content (AvgIpc) is 2.77. The van der Waals surface area contributed by atoms with Crippen molar-refractivity contribution in [3.63, 3.8) is 0 Å². The Hall–Kier alpha value is -0.820. The maximum absolute atomic E-state index is 11.6. The van der Waals surface area contributed by atoms with Gasteiger partial charge < -0.3 is 15.5 Å². The molecule has 6 nitrogen and oxygen atoms in total. The van der Waals surface area contributed by atoms with Crippen molar-refractivity contribution in [1.82, 2.24) is 15.5 Å². The van der Waals surface area contributed by atoms with Gasteiger partial charge >= 0.3 is 0 Å². The summed E-state index contributed by atoms with van der Waals surface area (Å²) in [7, 11) is -2.86. The molecule has 2 fully saturated rings. The average molecular weight is 345 g/mol. The van der Waals surface area contributed by atoms with Crippen LogP contribution in [0.3, 0.4) is 0 Å². The summed E-state index contributed by atoms with van der Waals surface area (Å²) in [6, 6.07) is -0.00664. The zero-order chi connectivity index (χ0) is 16.9. The summed E-state index contributed by atoms with van der Waals surface area (Å²) in [5, 5.41) is 6.49. The maximum Gasteiger partial charge on any atom is 0.191 e. The van der Waals surface area contributed by atoms with Gasteiger partial charge in [-0.05, 0) is 31.6 Å². The molecule has 0 aromatic heterocycles. The second-order valence-electron chi connectivity index (χ2n) is 7.21. The van der Waals surface area contributed by atoms with E-state index in [4.69, 9.17) is 0 Å². The Kier molecular flexibility index (Phi) is 6.71. The molecule has 7 heteroatoms. The van der Waals surface area contributed by atoms with Crippen LogP contribution < -0.4 is 10.6 Å². The van der Waals surface area contributed by atoms with E-state index in [1.807, 2.05) is 6.92 Å². The molecule has 2 N–H and O–H groups in total. The number of rotatable bonds is 5. The Morgan fingerprint density at radius 2 is 1.96 bits per heavy atom. The van der Waals surface area contributed by atoms with Gasteiger partial charge in [-0.15, -0.1) is 0 Å². The highest BCUT2D eigenvalue weighted by atomic mass is 32.2. The Bertz CT molecular complexity index is 496. The van der Waals surface area contributed by atoms with Gasteiger partial charge in [0.2, 0.25) is 0 Å². The van der Waals surface area contributed by atoms with Crippen molar-refractivity contribution in [3.8, 4) is 0 Å². The SMILES string of the molecule is CCNC(=NCCN1CC(C)CC(C)C1)NC1CCS(=O)(=O)C1. The van der Waals surface area contributed by atoms with E-state index < -0.39 is 9.84 Å². The first-order chi connectivity index (χ1) is 10.9. The summed E-state index contributed by atoms with van der Waals surface area (Å²) in [5.41, 5.74) is 0. The summed E-state index contributed by atoms with van der Waals surface area (Å²) in [4.78, 5) is 7.12. The van der Waals surface area contributed by atoms with Gasteiger partial charge in [0.15, 0.2) is 15.8 Å². The zero-order valence-corrected chi connectivity index (χ0v) is 15.5. The van der Waals surface area contributed by atoms with Gasteiger partial charge in [0.1, 0.15) is 0 Å². The first kappa shape index (κ1) is 18.5. The van der Waals surface area contributed by atoms with Gasteiger partial charge in [0, 0.05) is 32.2 Å². The van der Waals surface area contributed by atoms with Gasteiger partial charge in [0.25, 0.3) is 0 Å². The fourth-order valence-corrected chi connectivity index (χ4v) is 5.37. The Balaban J connectivity index is 1.81. The summed E-state index contributed by atoms with van der Waals surface area (Å²) in [6.07, 6.45) is 1.99. The first-order valence-electron chi connectivity index (χ1n) is 8.85. The van der Waals surface area contributed by atoms with Crippen molar-refractivity contribution < 1.29 is 8.42 Å². The smallest absolute Gasteiger partial charge is 0.191 e. The predicted molar refractivity (Wildman–Crippen MR) is 95.6 cm³/mol. The molecule has 0 amide bonds. The van der Waals surface area contributed by atoms with Crippen LogP contribution in [0.5, 0.6) is 0 Å². The summed E-state index contributed by atoms with van der Waals surface area (Å²) < 4.78 is 23.1. The molecule has 2 aliphatic rings. The normalized spacial score (nSPS) is 32.0. The molecule has 23 heavy (non-hydrogen) atoms. The number of aliphatic imine (C=N–C) groups is 1. The van der Waals surface area contributed by atoms with Gasteiger partial charge in [-0.3, -0.25) is 4.99 Å². The largest absolute Gasteiger partial charge is 0.357 e.